The van der Waals surface area contributed by atoms with Crippen molar-refractivity contribution < 1.29 is 9.59 Å². The highest BCUT2D eigenvalue weighted by Crippen LogP contribution is 2.15. The average molecular weight is 372 g/mol. The van der Waals surface area contributed by atoms with Gasteiger partial charge in [-0.15, -0.1) is 0 Å². The highest BCUT2D eigenvalue weighted by molar-refractivity contribution is 6.30. The highest BCUT2D eigenvalue weighted by Gasteiger charge is 2.28. The van der Waals surface area contributed by atoms with Crippen LogP contribution in [0.5, 0.6) is 0 Å². The third-order valence-corrected chi connectivity index (χ3v) is 4.66. The molecular weight excluding hydrogens is 350 g/mol. The molecule has 3 rings (SSSR count). The highest BCUT2D eigenvalue weighted by atomic mass is 35.5. The third kappa shape index (κ3) is 4.99. The van der Waals surface area contributed by atoms with Crippen molar-refractivity contribution in [2.75, 3.05) is 18.4 Å². The summed E-state index contributed by atoms with van der Waals surface area (Å²) in [7, 11) is 0. The Bertz CT molecular complexity index is 743. The zero-order chi connectivity index (χ0) is 18.4. The second-order valence-corrected chi connectivity index (χ2v) is 6.82. The van der Waals surface area contributed by atoms with Gasteiger partial charge in [-0.1, -0.05) is 41.9 Å². The SMILES string of the molecule is O=C(Nc1ccc(Cl)cc1)N[C@@H](Cc1ccccc1)C(=O)N1CCCC1. The number of likely N-dealkylation sites (tertiary alicyclic amines) is 1. The Kier molecular flexibility index (Phi) is 6.12. The monoisotopic (exact) mass is 371 g/mol. The van der Waals surface area contributed by atoms with Gasteiger partial charge in [0.25, 0.3) is 0 Å². The molecule has 2 N–H and O–H groups in total. The topological polar surface area (TPSA) is 61.4 Å². The normalized spacial score (nSPS) is 14.7. The van der Waals surface area contributed by atoms with E-state index < -0.39 is 12.1 Å². The Labute approximate surface area is 158 Å². The van der Waals surface area contributed by atoms with Crippen LogP contribution in [0.3, 0.4) is 0 Å². The van der Waals surface area contributed by atoms with E-state index in [4.69, 9.17) is 11.6 Å². The molecular formula is C20H22ClN3O2. The van der Waals surface area contributed by atoms with Crippen molar-refractivity contribution in [1.82, 2.24) is 10.2 Å². The van der Waals surface area contributed by atoms with Gasteiger partial charge in [0.1, 0.15) is 6.04 Å². The summed E-state index contributed by atoms with van der Waals surface area (Å²) in [6.45, 7) is 1.51. The fourth-order valence-electron chi connectivity index (χ4n) is 3.07. The number of urea groups is 1. The van der Waals surface area contributed by atoms with Crippen LogP contribution in [0.2, 0.25) is 5.02 Å². The van der Waals surface area contributed by atoms with Crippen LogP contribution in [0.1, 0.15) is 18.4 Å². The number of hydrogen-bond donors (Lipinski definition) is 2. The van der Waals surface area contributed by atoms with Gasteiger partial charge in [0, 0.05) is 30.2 Å². The van der Waals surface area contributed by atoms with E-state index in [-0.39, 0.29) is 5.91 Å². The molecule has 0 aliphatic carbocycles. The number of hydrogen-bond acceptors (Lipinski definition) is 2. The summed E-state index contributed by atoms with van der Waals surface area (Å²) in [4.78, 5) is 27.1. The lowest BCUT2D eigenvalue weighted by Crippen LogP contribution is -2.50. The Morgan fingerprint density at radius 2 is 1.65 bits per heavy atom. The number of amides is 3. The first-order valence-corrected chi connectivity index (χ1v) is 9.15. The Hall–Kier alpha value is -2.53. The fraction of sp³-hybridized carbons (Fsp3) is 0.300. The van der Waals surface area contributed by atoms with E-state index in [9.17, 15) is 9.59 Å². The number of benzene rings is 2. The van der Waals surface area contributed by atoms with Gasteiger partial charge in [-0.05, 0) is 42.7 Å². The molecule has 0 aromatic heterocycles. The molecule has 136 valence electrons. The van der Waals surface area contributed by atoms with Gasteiger partial charge in [0.05, 0.1) is 0 Å². The van der Waals surface area contributed by atoms with Crippen molar-refractivity contribution in [3.05, 3.63) is 65.2 Å². The molecule has 0 unspecified atom stereocenters. The molecule has 1 atom stereocenters. The second-order valence-electron chi connectivity index (χ2n) is 6.38. The number of carbonyl (C=O) groups is 2. The van der Waals surface area contributed by atoms with Gasteiger partial charge < -0.3 is 15.5 Å². The zero-order valence-corrected chi connectivity index (χ0v) is 15.2. The van der Waals surface area contributed by atoms with Gasteiger partial charge in [0.2, 0.25) is 5.91 Å². The van der Waals surface area contributed by atoms with Crippen molar-refractivity contribution in [2.24, 2.45) is 0 Å². The molecule has 0 spiro atoms. The zero-order valence-electron chi connectivity index (χ0n) is 14.5. The molecule has 1 aliphatic heterocycles. The number of nitrogens with zero attached hydrogens (tertiary/aromatic N) is 1. The van der Waals surface area contributed by atoms with Crippen molar-refractivity contribution in [3.63, 3.8) is 0 Å². The number of carbonyl (C=O) groups excluding carboxylic acids is 2. The molecule has 2 aromatic rings. The molecule has 1 fully saturated rings. The molecule has 6 heteroatoms. The Morgan fingerprint density at radius 1 is 1.00 bits per heavy atom. The first-order valence-electron chi connectivity index (χ1n) is 8.77. The minimum Gasteiger partial charge on any atom is -0.341 e. The maximum Gasteiger partial charge on any atom is 0.319 e. The lowest BCUT2D eigenvalue weighted by Gasteiger charge is -2.24. The summed E-state index contributed by atoms with van der Waals surface area (Å²) in [6.07, 6.45) is 2.49. The summed E-state index contributed by atoms with van der Waals surface area (Å²) in [5, 5.41) is 6.18. The van der Waals surface area contributed by atoms with Gasteiger partial charge >= 0.3 is 6.03 Å². The molecule has 1 heterocycles. The fourth-order valence-corrected chi connectivity index (χ4v) is 3.19. The van der Waals surface area contributed by atoms with E-state index in [2.05, 4.69) is 10.6 Å². The van der Waals surface area contributed by atoms with Crippen LogP contribution < -0.4 is 10.6 Å². The molecule has 0 bridgehead atoms. The summed E-state index contributed by atoms with van der Waals surface area (Å²) in [5.74, 6) is -0.0300. The maximum atomic E-state index is 12.8. The van der Waals surface area contributed by atoms with E-state index in [1.54, 1.807) is 24.3 Å². The van der Waals surface area contributed by atoms with E-state index in [1.165, 1.54) is 0 Å². The van der Waals surface area contributed by atoms with E-state index in [0.717, 1.165) is 31.5 Å². The van der Waals surface area contributed by atoms with Crippen LogP contribution in [-0.2, 0) is 11.2 Å². The largest absolute Gasteiger partial charge is 0.341 e. The van der Waals surface area contributed by atoms with Gasteiger partial charge in [-0.25, -0.2) is 4.79 Å². The number of halogens is 1. The van der Waals surface area contributed by atoms with Gasteiger partial charge in [-0.2, -0.15) is 0 Å². The second kappa shape index (κ2) is 8.72. The first-order chi connectivity index (χ1) is 12.6. The van der Waals surface area contributed by atoms with Crippen LogP contribution in [0, 0.1) is 0 Å². The quantitative estimate of drug-likeness (QED) is 0.841. The van der Waals surface area contributed by atoms with Crippen LogP contribution in [0.4, 0.5) is 10.5 Å². The van der Waals surface area contributed by atoms with E-state index >= 15 is 0 Å². The van der Waals surface area contributed by atoms with Crippen LogP contribution >= 0.6 is 11.6 Å². The molecule has 1 aliphatic rings. The molecule has 0 radical (unpaired) electrons. The lowest BCUT2D eigenvalue weighted by molar-refractivity contribution is -0.132. The number of rotatable bonds is 5. The minimum absolute atomic E-state index is 0.0300. The Balaban J connectivity index is 1.68. The number of anilines is 1. The molecule has 1 saturated heterocycles. The van der Waals surface area contributed by atoms with E-state index in [0.29, 0.717) is 17.1 Å². The van der Waals surface area contributed by atoms with E-state index in [1.807, 2.05) is 35.2 Å². The summed E-state index contributed by atoms with van der Waals surface area (Å²) >= 11 is 5.86. The first kappa shape index (κ1) is 18.3. The summed E-state index contributed by atoms with van der Waals surface area (Å²) < 4.78 is 0. The number of nitrogens with one attached hydrogen (secondary N) is 2. The van der Waals surface area contributed by atoms with Gasteiger partial charge in [0.15, 0.2) is 0 Å². The molecule has 5 nitrogen and oxygen atoms in total. The maximum absolute atomic E-state index is 12.8. The summed E-state index contributed by atoms with van der Waals surface area (Å²) in [6, 6.07) is 15.6. The van der Waals surface area contributed by atoms with Crippen LogP contribution in [-0.4, -0.2) is 36.0 Å². The lowest BCUT2D eigenvalue weighted by atomic mass is 10.0. The van der Waals surface area contributed by atoms with Crippen molar-refractivity contribution in [3.8, 4) is 0 Å². The third-order valence-electron chi connectivity index (χ3n) is 4.41. The molecule has 0 saturated carbocycles. The van der Waals surface area contributed by atoms with Crippen LogP contribution in [0.25, 0.3) is 0 Å². The molecule has 26 heavy (non-hydrogen) atoms. The predicted molar refractivity (Wildman–Crippen MR) is 103 cm³/mol. The Morgan fingerprint density at radius 3 is 2.31 bits per heavy atom. The van der Waals surface area contributed by atoms with Crippen LogP contribution in [0.15, 0.2) is 54.6 Å². The van der Waals surface area contributed by atoms with Gasteiger partial charge in [-0.3, -0.25) is 4.79 Å². The smallest absolute Gasteiger partial charge is 0.319 e. The summed E-state index contributed by atoms with van der Waals surface area (Å²) in [5.41, 5.74) is 1.64. The predicted octanol–water partition coefficient (Wildman–Crippen LogP) is 3.70. The molecule has 2 aromatic carbocycles. The average Bonchev–Trinajstić information content (AvgIpc) is 3.18. The van der Waals surface area contributed by atoms with Crippen molar-refractivity contribution in [2.45, 2.75) is 25.3 Å². The standard InChI is InChI=1S/C20H22ClN3O2/c21-16-8-10-17(11-9-16)22-20(26)23-18(14-15-6-2-1-3-7-15)19(25)24-12-4-5-13-24/h1-3,6-11,18H,4-5,12-14H2,(H2,22,23,26)/t18-/m0/s1. The van der Waals surface area contributed by atoms with Crippen molar-refractivity contribution in [1.29, 1.82) is 0 Å². The van der Waals surface area contributed by atoms with Crippen molar-refractivity contribution >= 4 is 29.2 Å². The molecule has 3 amide bonds. The minimum atomic E-state index is -0.595.